The van der Waals surface area contributed by atoms with Gasteiger partial charge in [0, 0.05) is 11.8 Å². The van der Waals surface area contributed by atoms with Crippen LogP contribution in [0.5, 0.6) is 0 Å². The number of sulfone groups is 1. The number of allylic oxidation sites excluding steroid dienone is 2. The van der Waals surface area contributed by atoms with Gasteiger partial charge in [0.25, 0.3) is 9.84 Å². The fourth-order valence-corrected chi connectivity index (χ4v) is 6.08. The standard InChI is InChI=1S/C17H16F4O4S/c1-2-25-15(22)16(26(23,24)17(19,20)21)12-6-3-11(9-12)14(16)10-4-7-13(18)8-5-10/h3-8,11-12,14H,2,9H2,1H3/t11-,12+,14-,16-/m1/s1. The zero-order valence-electron chi connectivity index (χ0n) is 13.7. The van der Waals surface area contributed by atoms with Crippen molar-refractivity contribution in [3.05, 3.63) is 47.8 Å². The van der Waals surface area contributed by atoms with Gasteiger partial charge in [-0.3, -0.25) is 4.79 Å². The largest absolute Gasteiger partial charge is 0.498 e. The van der Waals surface area contributed by atoms with Crippen molar-refractivity contribution in [1.82, 2.24) is 0 Å². The van der Waals surface area contributed by atoms with Gasteiger partial charge in [-0.1, -0.05) is 24.3 Å². The normalized spacial score (nSPS) is 30.6. The Morgan fingerprint density at radius 2 is 1.85 bits per heavy atom. The molecule has 26 heavy (non-hydrogen) atoms. The molecular weight excluding hydrogens is 376 g/mol. The first-order valence-electron chi connectivity index (χ1n) is 7.99. The van der Waals surface area contributed by atoms with E-state index in [9.17, 15) is 30.8 Å². The van der Waals surface area contributed by atoms with E-state index in [2.05, 4.69) is 0 Å². The quantitative estimate of drug-likeness (QED) is 0.448. The lowest BCUT2D eigenvalue weighted by molar-refractivity contribution is -0.148. The third-order valence-corrected chi connectivity index (χ3v) is 7.35. The first-order chi connectivity index (χ1) is 12.1. The Bertz CT molecular complexity index is 845. The van der Waals surface area contributed by atoms with E-state index in [-0.39, 0.29) is 18.6 Å². The maximum Gasteiger partial charge on any atom is 0.498 e. The predicted octanol–water partition coefficient (Wildman–Crippen LogP) is 3.35. The minimum absolute atomic E-state index is 0.0795. The summed E-state index contributed by atoms with van der Waals surface area (Å²) in [4.78, 5) is 12.7. The summed E-state index contributed by atoms with van der Waals surface area (Å²) < 4.78 is 81.0. The van der Waals surface area contributed by atoms with Gasteiger partial charge in [-0.15, -0.1) is 0 Å². The van der Waals surface area contributed by atoms with Crippen LogP contribution < -0.4 is 0 Å². The molecule has 0 N–H and O–H groups in total. The molecule has 4 nitrogen and oxygen atoms in total. The second-order valence-corrected chi connectivity index (χ2v) is 8.53. The number of benzene rings is 1. The van der Waals surface area contributed by atoms with Crippen LogP contribution in [0.15, 0.2) is 36.4 Å². The number of esters is 1. The first-order valence-corrected chi connectivity index (χ1v) is 9.47. The number of carbonyl (C=O) groups is 1. The van der Waals surface area contributed by atoms with Crippen molar-refractivity contribution in [2.75, 3.05) is 6.61 Å². The number of fused-ring (bicyclic) bond motifs is 2. The van der Waals surface area contributed by atoms with Crippen LogP contribution in [0.25, 0.3) is 0 Å². The molecule has 1 aromatic rings. The molecule has 2 bridgehead atoms. The molecule has 1 aromatic carbocycles. The molecule has 0 amide bonds. The number of carbonyl (C=O) groups excluding carboxylic acids is 1. The fraction of sp³-hybridized carbons (Fsp3) is 0.471. The van der Waals surface area contributed by atoms with Crippen LogP contribution in [0.4, 0.5) is 17.6 Å². The molecule has 0 aromatic heterocycles. The molecule has 4 atom stereocenters. The summed E-state index contributed by atoms with van der Waals surface area (Å²) >= 11 is 0. The SMILES string of the molecule is CCOC(=O)[C@]1(S(=O)(=O)C(F)(F)F)[C@H](c2ccc(F)cc2)[C@@H]2C=C[C@H]1C2. The maximum absolute atomic E-state index is 13.5. The van der Waals surface area contributed by atoms with E-state index >= 15 is 0 Å². The van der Waals surface area contributed by atoms with Gasteiger partial charge in [0.1, 0.15) is 5.82 Å². The lowest BCUT2D eigenvalue weighted by atomic mass is 9.77. The van der Waals surface area contributed by atoms with Gasteiger partial charge in [0.05, 0.1) is 6.61 Å². The molecule has 0 spiro atoms. The summed E-state index contributed by atoms with van der Waals surface area (Å²) in [5.74, 6) is -5.08. The zero-order valence-corrected chi connectivity index (χ0v) is 14.5. The van der Waals surface area contributed by atoms with Gasteiger partial charge in [0.15, 0.2) is 4.75 Å². The van der Waals surface area contributed by atoms with Crippen molar-refractivity contribution < 1.29 is 35.5 Å². The van der Waals surface area contributed by atoms with Crippen LogP contribution >= 0.6 is 0 Å². The number of alkyl halides is 3. The van der Waals surface area contributed by atoms with E-state index in [1.165, 1.54) is 25.1 Å². The second-order valence-electron chi connectivity index (χ2n) is 6.38. The predicted molar refractivity (Wildman–Crippen MR) is 84.2 cm³/mol. The Morgan fingerprint density at radius 1 is 1.23 bits per heavy atom. The summed E-state index contributed by atoms with van der Waals surface area (Å²) in [6.07, 6.45) is 3.03. The van der Waals surface area contributed by atoms with Crippen molar-refractivity contribution in [2.24, 2.45) is 11.8 Å². The molecule has 2 aliphatic rings. The van der Waals surface area contributed by atoms with Crippen molar-refractivity contribution in [1.29, 1.82) is 0 Å². The third kappa shape index (κ3) is 2.39. The van der Waals surface area contributed by atoms with E-state index in [1.807, 2.05) is 0 Å². The molecule has 2 aliphatic carbocycles. The Balaban J connectivity index is 2.29. The van der Waals surface area contributed by atoms with Gasteiger partial charge < -0.3 is 4.74 Å². The van der Waals surface area contributed by atoms with Gasteiger partial charge in [-0.05, 0) is 37.0 Å². The molecule has 3 rings (SSSR count). The van der Waals surface area contributed by atoms with Gasteiger partial charge in [-0.2, -0.15) is 13.2 Å². The van der Waals surface area contributed by atoms with E-state index in [0.717, 1.165) is 12.1 Å². The topological polar surface area (TPSA) is 60.4 Å². The molecule has 0 heterocycles. The Labute approximate surface area is 147 Å². The van der Waals surface area contributed by atoms with Gasteiger partial charge in [0.2, 0.25) is 0 Å². The lowest BCUT2D eigenvalue weighted by Gasteiger charge is -2.39. The molecule has 1 fully saturated rings. The van der Waals surface area contributed by atoms with Crippen LogP contribution in [0.2, 0.25) is 0 Å². The van der Waals surface area contributed by atoms with Crippen molar-refractivity contribution >= 4 is 15.8 Å². The Hall–Kier alpha value is -1.90. The highest BCUT2D eigenvalue weighted by Crippen LogP contribution is 2.61. The molecule has 1 saturated carbocycles. The number of rotatable bonds is 4. The Kier molecular flexibility index (Phi) is 4.41. The number of ether oxygens (including phenoxy) is 1. The molecule has 9 heteroatoms. The van der Waals surface area contributed by atoms with Gasteiger partial charge in [-0.25, -0.2) is 12.8 Å². The van der Waals surface area contributed by atoms with Crippen molar-refractivity contribution in [2.45, 2.75) is 29.5 Å². The minimum Gasteiger partial charge on any atom is -0.465 e. The van der Waals surface area contributed by atoms with Crippen molar-refractivity contribution in [3.8, 4) is 0 Å². The average molecular weight is 392 g/mol. The number of hydrogen-bond acceptors (Lipinski definition) is 4. The highest BCUT2D eigenvalue weighted by Gasteiger charge is 2.75. The number of hydrogen-bond donors (Lipinski definition) is 0. The minimum atomic E-state index is -5.92. The monoisotopic (exact) mass is 392 g/mol. The van der Waals surface area contributed by atoms with E-state index < -0.39 is 49.6 Å². The summed E-state index contributed by atoms with van der Waals surface area (Å²) in [6.45, 7) is 1.13. The third-order valence-electron chi connectivity index (χ3n) is 5.13. The van der Waals surface area contributed by atoms with E-state index in [1.54, 1.807) is 6.08 Å². The van der Waals surface area contributed by atoms with Crippen LogP contribution in [-0.4, -0.2) is 31.2 Å². The van der Waals surface area contributed by atoms with E-state index in [4.69, 9.17) is 4.74 Å². The molecule has 0 aliphatic heterocycles. The zero-order chi connectivity index (χ0) is 19.3. The summed E-state index contributed by atoms with van der Waals surface area (Å²) in [7, 11) is -5.92. The molecular formula is C17H16F4O4S. The second kappa shape index (κ2) is 6.07. The van der Waals surface area contributed by atoms with E-state index in [0.29, 0.717) is 0 Å². The van der Waals surface area contributed by atoms with Crippen LogP contribution in [0, 0.1) is 17.7 Å². The molecule has 142 valence electrons. The summed E-state index contributed by atoms with van der Waals surface area (Å²) in [5.41, 5.74) is -5.47. The van der Waals surface area contributed by atoms with Gasteiger partial charge >= 0.3 is 11.5 Å². The van der Waals surface area contributed by atoms with Crippen LogP contribution in [0.3, 0.4) is 0 Å². The smallest absolute Gasteiger partial charge is 0.465 e. The molecule has 0 unspecified atom stereocenters. The average Bonchev–Trinajstić information content (AvgIpc) is 3.14. The number of halogens is 4. The molecule has 0 radical (unpaired) electrons. The summed E-state index contributed by atoms with van der Waals surface area (Å²) in [6, 6.07) is 4.49. The van der Waals surface area contributed by atoms with Crippen LogP contribution in [0.1, 0.15) is 24.8 Å². The first kappa shape index (κ1) is 18.9. The summed E-state index contributed by atoms with van der Waals surface area (Å²) in [5, 5.41) is 0. The molecule has 0 saturated heterocycles. The fourth-order valence-electron chi connectivity index (χ4n) is 4.20. The Morgan fingerprint density at radius 3 is 2.38 bits per heavy atom. The highest BCUT2D eigenvalue weighted by molar-refractivity contribution is 7.94. The van der Waals surface area contributed by atoms with Crippen molar-refractivity contribution in [3.63, 3.8) is 0 Å². The maximum atomic E-state index is 13.5. The lowest BCUT2D eigenvalue weighted by Crippen LogP contribution is -2.59. The van der Waals surface area contributed by atoms with Crippen LogP contribution in [-0.2, 0) is 19.4 Å². The highest BCUT2D eigenvalue weighted by atomic mass is 32.2.